The summed E-state index contributed by atoms with van der Waals surface area (Å²) >= 11 is 0. The van der Waals surface area contributed by atoms with E-state index in [0.29, 0.717) is 0 Å². The molecule has 5 heteroatoms. The van der Waals surface area contributed by atoms with Crippen LogP contribution in [0.2, 0.25) is 0 Å². The van der Waals surface area contributed by atoms with Gasteiger partial charge in [0.15, 0.2) is 0 Å². The van der Waals surface area contributed by atoms with Gasteiger partial charge in [0, 0.05) is 36.3 Å². The van der Waals surface area contributed by atoms with E-state index < -0.39 is 0 Å². The SMILES string of the molecule is CC1=[N+]2Cc3ccc([N+](=O)[O-])cc3C2C=CN1C. The fraction of sp³-hybridized carbons (Fsp3) is 0.308. The molecule has 0 N–H and O–H groups in total. The van der Waals surface area contributed by atoms with Crippen molar-refractivity contribution in [1.82, 2.24) is 4.90 Å². The van der Waals surface area contributed by atoms with Crippen LogP contribution in [0.25, 0.3) is 0 Å². The minimum Gasteiger partial charge on any atom is -0.258 e. The fourth-order valence-corrected chi connectivity index (χ4v) is 2.61. The Hall–Kier alpha value is -2.17. The minimum atomic E-state index is -0.335. The lowest BCUT2D eigenvalue weighted by Crippen LogP contribution is -2.32. The van der Waals surface area contributed by atoms with E-state index in [1.807, 2.05) is 19.3 Å². The lowest BCUT2D eigenvalue weighted by Gasteiger charge is -2.19. The van der Waals surface area contributed by atoms with E-state index in [9.17, 15) is 10.1 Å². The molecule has 0 spiro atoms. The van der Waals surface area contributed by atoms with Crippen molar-refractivity contribution in [3.05, 3.63) is 51.7 Å². The van der Waals surface area contributed by atoms with Crippen molar-refractivity contribution in [3.8, 4) is 0 Å². The average molecular weight is 244 g/mol. The molecule has 92 valence electrons. The van der Waals surface area contributed by atoms with Gasteiger partial charge in [-0.25, -0.2) is 4.90 Å². The second kappa shape index (κ2) is 3.66. The van der Waals surface area contributed by atoms with E-state index in [-0.39, 0.29) is 16.7 Å². The molecule has 0 saturated carbocycles. The maximum Gasteiger partial charge on any atom is 0.269 e. The Balaban J connectivity index is 2.12. The number of nitrogens with zero attached hydrogens (tertiary/aromatic N) is 3. The maximum atomic E-state index is 10.8. The molecule has 18 heavy (non-hydrogen) atoms. The number of fused-ring (bicyclic) bond motifs is 3. The second-order valence-corrected chi connectivity index (χ2v) is 4.71. The number of nitro groups is 1. The van der Waals surface area contributed by atoms with Gasteiger partial charge in [0.05, 0.1) is 18.2 Å². The number of hydrogen-bond acceptors (Lipinski definition) is 3. The van der Waals surface area contributed by atoms with Crippen molar-refractivity contribution in [1.29, 1.82) is 0 Å². The molecule has 1 aromatic carbocycles. The summed E-state index contributed by atoms with van der Waals surface area (Å²) in [5, 5.41) is 10.8. The first-order valence-electron chi connectivity index (χ1n) is 5.86. The van der Waals surface area contributed by atoms with Crippen LogP contribution in [0.1, 0.15) is 24.1 Å². The van der Waals surface area contributed by atoms with Gasteiger partial charge in [-0.15, -0.1) is 0 Å². The summed E-state index contributed by atoms with van der Waals surface area (Å²) in [5.41, 5.74) is 2.39. The average Bonchev–Trinajstić information content (AvgIpc) is 2.72. The van der Waals surface area contributed by atoms with Gasteiger partial charge in [0.25, 0.3) is 5.69 Å². The number of nitro benzene ring substituents is 1. The summed E-state index contributed by atoms with van der Waals surface area (Å²) in [4.78, 5) is 12.6. The van der Waals surface area contributed by atoms with Crippen molar-refractivity contribution < 1.29 is 9.50 Å². The first-order valence-corrected chi connectivity index (χ1v) is 5.86. The second-order valence-electron chi connectivity index (χ2n) is 4.71. The normalized spacial score (nSPS) is 21.0. The molecule has 3 rings (SSSR count). The summed E-state index contributed by atoms with van der Waals surface area (Å²) in [6.07, 6.45) is 4.10. The molecule has 2 heterocycles. The van der Waals surface area contributed by atoms with Gasteiger partial charge in [-0.3, -0.25) is 14.7 Å². The summed E-state index contributed by atoms with van der Waals surface area (Å²) in [6, 6.07) is 5.28. The van der Waals surface area contributed by atoms with Crippen molar-refractivity contribution in [2.45, 2.75) is 19.5 Å². The van der Waals surface area contributed by atoms with Gasteiger partial charge in [-0.2, -0.15) is 0 Å². The van der Waals surface area contributed by atoms with E-state index in [4.69, 9.17) is 0 Å². The Bertz CT molecular complexity index is 604. The number of amidine groups is 1. The predicted molar refractivity (Wildman–Crippen MR) is 67.4 cm³/mol. The van der Waals surface area contributed by atoms with Crippen LogP contribution in [0.15, 0.2) is 30.5 Å². The molecular formula is C13H14N3O2+. The van der Waals surface area contributed by atoms with Gasteiger partial charge >= 0.3 is 0 Å². The molecule has 0 fully saturated rings. The zero-order chi connectivity index (χ0) is 12.9. The van der Waals surface area contributed by atoms with Crippen LogP contribution in [0.3, 0.4) is 0 Å². The van der Waals surface area contributed by atoms with E-state index in [1.54, 1.807) is 12.1 Å². The highest BCUT2D eigenvalue weighted by Crippen LogP contribution is 2.35. The third kappa shape index (κ3) is 1.44. The zero-order valence-corrected chi connectivity index (χ0v) is 10.3. The minimum absolute atomic E-state index is 0.135. The highest BCUT2D eigenvalue weighted by atomic mass is 16.6. The molecule has 0 aromatic heterocycles. The summed E-state index contributed by atoms with van der Waals surface area (Å²) in [7, 11) is 2.01. The molecule has 0 bridgehead atoms. The highest BCUT2D eigenvalue weighted by Gasteiger charge is 2.35. The monoisotopic (exact) mass is 244 g/mol. The zero-order valence-electron chi connectivity index (χ0n) is 10.3. The smallest absolute Gasteiger partial charge is 0.258 e. The Kier molecular flexibility index (Phi) is 2.23. The topological polar surface area (TPSA) is 49.4 Å². The van der Waals surface area contributed by atoms with Crippen LogP contribution in [-0.4, -0.2) is 27.3 Å². The molecule has 1 unspecified atom stereocenters. The van der Waals surface area contributed by atoms with Gasteiger partial charge in [0.2, 0.25) is 5.84 Å². The van der Waals surface area contributed by atoms with Crippen LogP contribution in [0.4, 0.5) is 5.69 Å². The number of rotatable bonds is 1. The molecule has 5 nitrogen and oxygen atoms in total. The van der Waals surface area contributed by atoms with E-state index in [0.717, 1.165) is 12.1 Å². The quantitative estimate of drug-likeness (QED) is 0.431. The van der Waals surface area contributed by atoms with E-state index in [1.165, 1.54) is 11.4 Å². The number of benzene rings is 1. The largest absolute Gasteiger partial charge is 0.269 e. The van der Waals surface area contributed by atoms with Crippen molar-refractivity contribution >= 4 is 11.5 Å². The van der Waals surface area contributed by atoms with Gasteiger partial charge < -0.3 is 0 Å². The number of hydrogen-bond donors (Lipinski definition) is 0. The fourth-order valence-electron chi connectivity index (χ4n) is 2.61. The Morgan fingerprint density at radius 1 is 1.50 bits per heavy atom. The van der Waals surface area contributed by atoms with Gasteiger partial charge in [-0.05, 0) is 6.07 Å². The number of non-ortho nitro benzene ring substituents is 1. The molecule has 1 atom stereocenters. The molecule has 2 aliphatic heterocycles. The maximum absolute atomic E-state index is 10.8. The van der Waals surface area contributed by atoms with Crippen LogP contribution in [0, 0.1) is 10.1 Å². The summed E-state index contributed by atoms with van der Waals surface area (Å²) in [5.74, 6) is 1.17. The van der Waals surface area contributed by atoms with Gasteiger partial charge in [0.1, 0.15) is 12.6 Å². The summed E-state index contributed by atoms with van der Waals surface area (Å²) in [6.45, 7) is 2.88. The van der Waals surface area contributed by atoms with Crippen molar-refractivity contribution in [2.75, 3.05) is 7.05 Å². The van der Waals surface area contributed by atoms with Crippen molar-refractivity contribution in [2.24, 2.45) is 0 Å². The molecular weight excluding hydrogens is 230 g/mol. The standard InChI is InChI=1S/C13H14N3O2/c1-9-14(2)6-5-13-12-7-11(16(17)18)4-3-10(12)8-15(9)13/h3-7,13H,8H2,1-2H3/q+1. The predicted octanol–water partition coefficient (Wildman–Crippen LogP) is 2.04. The highest BCUT2D eigenvalue weighted by molar-refractivity contribution is 5.76. The van der Waals surface area contributed by atoms with Crippen LogP contribution < -0.4 is 0 Å². The third-order valence-electron chi connectivity index (χ3n) is 3.75. The van der Waals surface area contributed by atoms with Gasteiger partial charge in [-0.1, -0.05) is 0 Å². The lowest BCUT2D eigenvalue weighted by atomic mass is 10.0. The molecule has 0 aliphatic carbocycles. The molecule has 0 radical (unpaired) electrons. The Morgan fingerprint density at radius 2 is 2.28 bits per heavy atom. The first-order chi connectivity index (χ1) is 8.58. The first kappa shape index (κ1) is 11.0. The van der Waals surface area contributed by atoms with Crippen LogP contribution in [-0.2, 0) is 6.54 Å². The van der Waals surface area contributed by atoms with Crippen molar-refractivity contribution in [3.63, 3.8) is 0 Å². The Labute approximate surface area is 105 Å². The molecule has 0 amide bonds. The van der Waals surface area contributed by atoms with Crippen LogP contribution >= 0.6 is 0 Å². The molecule has 1 aromatic rings. The molecule has 2 aliphatic rings. The van der Waals surface area contributed by atoms with Crippen LogP contribution in [0.5, 0.6) is 0 Å². The lowest BCUT2D eigenvalue weighted by molar-refractivity contribution is -0.571. The van der Waals surface area contributed by atoms with E-state index >= 15 is 0 Å². The third-order valence-corrected chi connectivity index (χ3v) is 3.75. The molecule has 0 saturated heterocycles. The Morgan fingerprint density at radius 3 is 3.00 bits per heavy atom. The summed E-state index contributed by atoms with van der Waals surface area (Å²) < 4.78 is 2.26. The van der Waals surface area contributed by atoms with E-state index in [2.05, 4.69) is 22.5 Å².